The van der Waals surface area contributed by atoms with Gasteiger partial charge in [-0.15, -0.1) is 0 Å². The quantitative estimate of drug-likeness (QED) is 0.936. The number of aromatic nitrogens is 4. The van der Waals surface area contributed by atoms with E-state index < -0.39 is 0 Å². The zero-order valence-corrected chi connectivity index (χ0v) is 13.3. The van der Waals surface area contributed by atoms with Crippen molar-refractivity contribution in [1.82, 2.24) is 24.6 Å². The summed E-state index contributed by atoms with van der Waals surface area (Å²) in [6.07, 6.45) is 4.39. The van der Waals surface area contributed by atoms with E-state index in [1.165, 1.54) is 12.8 Å². The van der Waals surface area contributed by atoms with Gasteiger partial charge >= 0.3 is 0 Å². The van der Waals surface area contributed by atoms with Crippen molar-refractivity contribution < 1.29 is 0 Å². The topological polar surface area (TPSA) is 58.9 Å². The van der Waals surface area contributed by atoms with E-state index in [4.69, 9.17) is 4.98 Å². The van der Waals surface area contributed by atoms with E-state index in [0.29, 0.717) is 6.04 Å². The fourth-order valence-corrected chi connectivity index (χ4v) is 3.11. The highest BCUT2D eigenvalue weighted by Crippen LogP contribution is 2.24. The van der Waals surface area contributed by atoms with Crippen molar-refractivity contribution in [2.24, 2.45) is 13.0 Å². The summed E-state index contributed by atoms with van der Waals surface area (Å²) in [7, 11) is 3.81. The lowest BCUT2D eigenvalue weighted by atomic mass is 9.95. The van der Waals surface area contributed by atoms with Gasteiger partial charge < -0.3 is 5.32 Å². The summed E-state index contributed by atoms with van der Waals surface area (Å²) in [6, 6.07) is 0.602. The van der Waals surface area contributed by atoms with Crippen molar-refractivity contribution in [3.05, 3.63) is 12.0 Å². The second kappa shape index (κ2) is 5.60. The maximum atomic E-state index is 4.70. The maximum Gasteiger partial charge on any atom is 0.163 e. The Morgan fingerprint density at radius 2 is 2.10 bits per heavy atom. The number of rotatable bonds is 3. The highest BCUT2D eigenvalue weighted by Gasteiger charge is 2.24. The van der Waals surface area contributed by atoms with Crippen LogP contribution in [0.2, 0.25) is 0 Å². The van der Waals surface area contributed by atoms with Crippen LogP contribution in [0.3, 0.4) is 0 Å². The number of piperidine rings is 1. The molecule has 0 radical (unpaired) electrons. The predicted octanol–water partition coefficient (Wildman–Crippen LogP) is 2.03. The first-order valence-corrected chi connectivity index (χ1v) is 7.69. The molecule has 3 heterocycles. The van der Waals surface area contributed by atoms with Crippen LogP contribution in [0.25, 0.3) is 11.0 Å². The first kappa shape index (κ1) is 14.3. The highest BCUT2D eigenvalue weighted by atomic mass is 15.3. The summed E-state index contributed by atoms with van der Waals surface area (Å²) in [5, 5.41) is 8.41. The molecule has 114 valence electrons. The molecule has 2 aromatic rings. The number of nitrogens with zero attached hydrogens (tertiary/aromatic N) is 5. The summed E-state index contributed by atoms with van der Waals surface area (Å²) in [5.41, 5.74) is 0.891. The zero-order chi connectivity index (χ0) is 15.0. The van der Waals surface area contributed by atoms with E-state index in [1.807, 2.05) is 25.0 Å². The first-order chi connectivity index (χ1) is 10.1. The second-order valence-electron chi connectivity index (χ2n) is 6.20. The Morgan fingerprint density at radius 3 is 2.86 bits per heavy atom. The third-order valence-corrected chi connectivity index (χ3v) is 4.47. The molecule has 0 bridgehead atoms. The number of aryl methyl sites for hydroxylation is 1. The van der Waals surface area contributed by atoms with Gasteiger partial charge in [-0.25, -0.2) is 9.97 Å². The van der Waals surface area contributed by atoms with Gasteiger partial charge in [-0.3, -0.25) is 9.58 Å². The third-order valence-electron chi connectivity index (χ3n) is 4.47. The van der Waals surface area contributed by atoms with Gasteiger partial charge in [0.05, 0.1) is 18.1 Å². The van der Waals surface area contributed by atoms with E-state index >= 15 is 0 Å². The Labute approximate surface area is 125 Å². The average molecular weight is 288 g/mol. The molecule has 1 N–H and O–H groups in total. The number of fused-ring (bicyclic) bond motifs is 1. The van der Waals surface area contributed by atoms with Crippen molar-refractivity contribution in [3.8, 4) is 0 Å². The lowest BCUT2D eigenvalue weighted by Crippen LogP contribution is -2.40. The Bertz CT molecular complexity index is 634. The molecular weight excluding hydrogens is 264 g/mol. The van der Waals surface area contributed by atoms with Gasteiger partial charge in [-0.1, -0.05) is 6.92 Å². The van der Waals surface area contributed by atoms with Gasteiger partial charge in [-0.05, 0) is 25.7 Å². The molecular formula is C15H24N6. The maximum absolute atomic E-state index is 4.70. The van der Waals surface area contributed by atoms with Gasteiger partial charge in [0.15, 0.2) is 5.65 Å². The molecule has 3 rings (SSSR count). The molecule has 2 aromatic heterocycles. The van der Waals surface area contributed by atoms with Crippen LogP contribution in [-0.2, 0) is 13.6 Å². The second-order valence-corrected chi connectivity index (χ2v) is 6.20. The Balaban J connectivity index is 1.91. The number of nitrogens with one attached hydrogen (secondary N) is 1. The smallest absolute Gasteiger partial charge is 0.163 e. The molecule has 2 unspecified atom stereocenters. The predicted molar refractivity (Wildman–Crippen MR) is 84.1 cm³/mol. The van der Waals surface area contributed by atoms with Crippen LogP contribution >= 0.6 is 0 Å². The number of hydrogen-bond donors (Lipinski definition) is 1. The van der Waals surface area contributed by atoms with Crippen LogP contribution in [0.4, 0.5) is 5.82 Å². The van der Waals surface area contributed by atoms with Crippen LogP contribution in [0, 0.1) is 5.92 Å². The molecule has 1 fully saturated rings. The third kappa shape index (κ3) is 2.72. The molecule has 1 saturated heterocycles. The van der Waals surface area contributed by atoms with E-state index in [9.17, 15) is 0 Å². The zero-order valence-electron chi connectivity index (χ0n) is 13.3. The normalized spacial score (nSPS) is 23.6. The Morgan fingerprint density at radius 1 is 1.29 bits per heavy atom. The lowest BCUT2D eigenvalue weighted by Gasteiger charge is -2.36. The average Bonchev–Trinajstić information content (AvgIpc) is 2.84. The molecule has 0 saturated carbocycles. The fraction of sp³-hybridized carbons (Fsp3) is 0.667. The van der Waals surface area contributed by atoms with E-state index in [-0.39, 0.29) is 0 Å². The van der Waals surface area contributed by atoms with E-state index in [2.05, 4.69) is 34.1 Å². The number of anilines is 1. The molecule has 2 atom stereocenters. The van der Waals surface area contributed by atoms with Gasteiger partial charge in [0.25, 0.3) is 0 Å². The molecule has 21 heavy (non-hydrogen) atoms. The highest BCUT2D eigenvalue weighted by molar-refractivity contribution is 5.86. The van der Waals surface area contributed by atoms with Gasteiger partial charge in [0.1, 0.15) is 11.6 Å². The van der Waals surface area contributed by atoms with Crippen molar-refractivity contribution in [2.45, 2.75) is 39.3 Å². The van der Waals surface area contributed by atoms with Crippen LogP contribution in [-0.4, -0.2) is 44.3 Å². The Kier molecular flexibility index (Phi) is 3.80. The minimum Gasteiger partial charge on any atom is -0.372 e. The largest absolute Gasteiger partial charge is 0.372 e. The van der Waals surface area contributed by atoms with Gasteiger partial charge in [0, 0.05) is 26.7 Å². The van der Waals surface area contributed by atoms with Crippen LogP contribution in [0.1, 0.15) is 32.5 Å². The summed E-state index contributed by atoms with van der Waals surface area (Å²) >= 11 is 0. The molecule has 0 amide bonds. The molecule has 0 aromatic carbocycles. The minimum absolute atomic E-state index is 0.602. The summed E-state index contributed by atoms with van der Waals surface area (Å²) in [5.74, 6) is 2.49. The molecule has 0 aliphatic carbocycles. The SMILES string of the molecule is CNc1nc(CN2CC(C)CCC2C)nc2c1cnn2C. The van der Waals surface area contributed by atoms with Crippen LogP contribution < -0.4 is 5.32 Å². The van der Waals surface area contributed by atoms with Crippen molar-refractivity contribution >= 4 is 16.9 Å². The molecule has 6 heteroatoms. The van der Waals surface area contributed by atoms with Gasteiger partial charge in [0.2, 0.25) is 0 Å². The fourth-order valence-electron chi connectivity index (χ4n) is 3.11. The number of likely N-dealkylation sites (tertiary alicyclic amines) is 1. The molecule has 1 aliphatic heterocycles. The van der Waals surface area contributed by atoms with Crippen molar-refractivity contribution in [2.75, 3.05) is 18.9 Å². The summed E-state index contributed by atoms with van der Waals surface area (Å²) in [4.78, 5) is 11.9. The van der Waals surface area contributed by atoms with Crippen molar-refractivity contribution in [3.63, 3.8) is 0 Å². The summed E-state index contributed by atoms with van der Waals surface area (Å²) < 4.78 is 1.81. The standard InChI is InChI=1S/C15H24N6/c1-10-5-6-11(2)21(8-10)9-13-18-14(16-3)12-7-17-20(4)15(12)19-13/h7,10-11H,5-6,8-9H2,1-4H3,(H,16,18,19). The molecule has 6 nitrogen and oxygen atoms in total. The molecule has 1 aliphatic rings. The first-order valence-electron chi connectivity index (χ1n) is 7.69. The Hall–Kier alpha value is -1.69. The number of hydrogen-bond acceptors (Lipinski definition) is 5. The lowest BCUT2D eigenvalue weighted by molar-refractivity contribution is 0.114. The minimum atomic E-state index is 0.602. The van der Waals surface area contributed by atoms with Gasteiger partial charge in [-0.2, -0.15) is 5.10 Å². The van der Waals surface area contributed by atoms with E-state index in [0.717, 1.165) is 41.7 Å². The van der Waals surface area contributed by atoms with Crippen LogP contribution in [0.5, 0.6) is 0 Å². The monoisotopic (exact) mass is 288 g/mol. The van der Waals surface area contributed by atoms with Crippen LogP contribution in [0.15, 0.2) is 6.20 Å². The molecule has 0 spiro atoms. The van der Waals surface area contributed by atoms with Crippen molar-refractivity contribution in [1.29, 1.82) is 0 Å². The van der Waals surface area contributed by atoms with E-state index in [1.54, 1.807) is 0 Å². The summed E-state index contributed by atoms with van der Waals surface area (Å²) in [6.45, 7) is 6.56.